The molecule has 2 aliphatic rings. The Morgan fingerprint density at radius 1 is 1.05 bits per heavy atom. The molecule has 1 saturated heterocycles. The number of rotatable bonds is 3. The van der Waals surface area contributed by atoms with Crippen molar-refractivity contribution >= 4 is 0 Å². The van der Waals surface area contributed by atoms with Crippen molar-refractivity contribution in [3.05, 3.63) is 30.1 Å². The van der Waals surface area contributed by atoms with Gasteiger partial charge in [-0.2, -0.15) is 0 Å². The summed E-state index contributed by atoms with van der Waals surface area (Å²) in [4.78, 5) is 6.71. The largest absolute Gasteiger partial charge is 0.329 e. The number of hydrogen-bond acceptors (Lipinski definition) is 3. The van der Waals surface area contributed by atoms with E-state index in [1.54, 1.807) is 0 Å². The van der Waals surface area contributed by atoms with E-state index in [0.717, 1.165) is 0 Å². The van der Waals surface area contributed by atoms with Crippen molar-refractivity contribution in [3.63, 3.8) is 0 Å². The van der Waals surface area contributed by atoms with E-state index >= 15 is 0 Å². The fourth-order valence-corrected chi connectivity index (χ4v) is 4.19. The molecule has 2 heterocycles. The molecule has 1 aliphatic carbocycles. The Morgan fingerprint density at radius 2 is 1.70 bits per heavy atom. The molecule has 0 bridgehead atoms. The Bertz CT molecular complexity index is 402. The third-order valence-electron chi connectivity index (χ3n) is 5.53. The summed E-state index contributed by atoms with van der Waals surface area (Å²) in [5, 5.41) is 0. The van der Waals surface area contributed by atoms with Gasteiger partial charge in [0.2, 0.25) is 0 Å². The SMILES string of the molecule is NCC(c1ccncc1)N1CCC2(CCCCC2)CC1. The molecule has 1 saturated carbocycles. The van der Waals surface area contributed by atoms with Crippen molar-refractivity contribution in [2.75, 3.05) is 19.6 Å². The number of likely N-dealkylation sites (tertiary alicyclic amines) is 1. The van der Waals surface area contributed by atoms with Crippen LogP contribution in [0.4, 0.5) is 0 Å². The van der Waals surface area contributed by atoms with Crippen molar-refractivity contribution in [2.45, 2.75) is 51.0 Å². The lowest BCUT2D eigenvalue weighted by Crippen LogP contribution is -2.44. The average molecular weight is 273 g/mol. The van der Waals surface area contributed by atoms with Crippen molar-refractivity contribution < 1.29 is 0 Å². The molecule has 1 unspecified atom stereocenters. The van der Waals surface area contributed by atoms with E-state index in [4.69, 9.17) is 5.73 Å². The maximum Gasteiger partial charge on any atom is 0.0471 e. The van der Waals surface area contributed by atoms with Gasteiger partial charge in [0.25, 0.3) is 0 Å². The topological polar surface area (TPSA) is 42.1 Å². The van der Waals surface area contributed by atoms with Crippen molar-refractivity contribution in [3.8, 4) is 0 Å². The number of aromatic nitrogens is 1. The van der Waals surface area contributed by atoms with Gasteiger partial charge in [0.05, 0.1) is 0 Å². The molecule has 3 nitrogen and oxygen atoms in total. The van der Waals surface area contributed by atoms with Gasteiger partial charge in [-0.15, -0.1) is 0 Å². The summed E-state index contributed by atoms with van der Waals surface area (Å²) in [7, 11) is 0. The van der Waals surface area contributed by atoms with Crippen LogP contribution in [0.5, 0.6) is 0 Å². The quantitative estimate of drug-likeness (QED) is 0.920. The number of nitrogens with two attached hydrogens (primary N) is 1. The molecule has 110 valence electrons. The summed E-state index contributed by atoms with van der Waals surface area (Å²) in [5.41, 5.74) is 8.04. The lowest BCUT2D eigenvalue weighted by Gasteiger charge is -2.46. The molecule has 1 spiro atoms. The summed E-state index contributed by atoms with van der Waals surface area (Å²) in [6.07, 6.45) is 13.8. The molecule has 2 N–H and O–H groups in total. The van der Waals surface area contributed by atoms with Crippen LogP contribution in [-0.4, -0.2) is 29.5 Å². The second-order valence-electron chi connectivity index (χ2n) is 6.63. The van der Waals surface area contributed by atoms with Gasteiger partial charge >= 0.3 is 0 Å². The minimum Gasteiger partial charge on any atom is -0.329 e. The van der Waals surface area contributed by atoms with E-state index in [-0.39, 0.29) is 0 Å². The number of nitrogens with zero attached hydrogens (tertiary/aromatic N) is 2. The minimum absolute atomic E-state index is 0.374. The van der Waals surface area contributed by atoms with Crippen molar-refractivity contribution in [2.24, 2.45) is 11.1 Å². The summed E-state index contributed by atoms with van der Waals surface area (Å²) < 4.78 is 0. The van der Waals surface area contributed by atoms with Crippen LogP contribution in [0, 0.1) is 5.41 Å². The summed E-state index contributed by atoms with van der Waals surface area (Å²) >= 11 is 0. The van der Waals surface area contributed by atoms with E-state index in [9.17, 15) is 0 Å². The fraction of sp³-hybridized carbons (Fsp3) is 0.706. The predicted octanol–water partition coefficient (Wildman–Crippen LogP) is 3.13. The fourth-order valence-electron chi connectivity index (χ4n) is 4.19. The molecule has 0 amide bonds. The van der Waals surface area contributed by atoms with E-state index in [0.29, 0.717) is 18.0 Å². The van der Waals surface area contributed by atoms with Crippen LogP contribution < -0.4 is 5.73 Å². The summed E-state index contributed by atoms with van der Waals surface area (Å²) in [6, 6.07) is 4.60. The first-order valence-corrected chi connectivity index (χ1v) is 8.17. The number of pyridine rings is 1. The average Bonchev–Trinajstić information content (AvgIpc) is 2.52. The van der Waals surface area contributed by atoms with E-state index in [2.05, 4.69) is 22.0 Å². The Labute approximate surface area is 122 Å². The monoisotopic (exact) mass is 273 g/mol. The Morgan fingerprint density at radius 3 is 2.30 bits per heavy atom. The summed E-state index contributed by atoms with van der Waals surface area (Å²) in [5.74, 6) is 0. The maximum absolute atomic E-state index is 6.04. The molecule has 1 aromatic heterocycles. The molecular formula is C17H27N3. The molecule has 0 radical (unpaired) electrons. The van der Waals surface area contributed by atoms with Gasteiger partial charge < -0.3 is 5.73 Å². The Kier molecular flexibility index (Phi) is 4.37. The predicted molar refractivity (Wildman–Crippen MR) is 82.4 cm³/mol. The van der Waals surface area contributed by atoms with Crippen molar-refractivity contribution in [1.82, 2.24) is 9.88 Å². The van der Waals surface area contributed by atoms with Gasteiger partial charge in [0.1, 0.15) is 0 Å². The normalized spacial score (nSPS) is 24.6. The third-order valence-corrected chi connectivity index (χ3v) is 5.53. The Balaban J connectivity index is 1.64. The smallest absolute Gasteiger partial charge is 0.0471 e. The van der Waals surface area contributed by atoms with Gasteiger partial charge in [-0.25, -0.2) is 0 Å². The van der Waals surface area contributed by atoms with Crippen LogP contribution in [0.15, 0.2) is 24.5 Å². The lowest BCUT2D eigenvalue weighted by atomic mass is 9.68. The molecule has 0 aromatic carbocycles. The Hall–Kier alpha value is -0.930. The third kappa shape index (κ3) is 2.89. The first kappa shape index (κ1) is 14.0. The molecule has 20 heavy (non-hydrogen) atoms. The van der Waals surface area contributed by atoms with Gasteiger partial charge in [-0.1, -0.05) is 19.3 Å². The minimum atomic E-state index is 0.374. The zero-order chi connectivity index (χ0) is 13.8. The molecule has 1 aliphatic heterocycles. The van der Waals surface area contributed by atoms with Crippen LogP contribution in [0.2, 0.25) is 0 Å². The first-order valence-electron chi connectivity index (χ1n) is 8.17. The highest BCUT2D eigenvalue weighted by Gasteiger charge is 2.37. The van der Waals surface area contributed by atoms with Gasteiger partial charge in [-0.3, -0.25) is 9.88 Å². The zero-order valence-corrected chi connectivity index (χ0v) is 12.4. The highest BCUT2D eigenvalue weighted by molar-refractivity contribution is 5.16. The lowest BCUT2D eigenvalue weighted by molar-refractivity contribution is 0.0464. The van der Waals surface area contributed by atoms with Gasteiger partial charge in [0, 0.05) is 25.0 Å². The van der Waals surface area contributed by atoms with Crippen LogP contribution in [0.1, 0.15) is 56.6 Å². The standard InChI is InChI=1S/C17H27N3/c18-14-16(15-4-10-19-11-5-15)20-12-8-17(9-13-20)6-2-1-3-7-17/h4-5,10-11,16H,1-3,6-9,12-14,18H2. The molecule has 3 rings (SSSR count). The first-order chi connectivity index (χ1) is 9.83. The summed E-state index contributed by atoms with van der Waals surface area (Å²) in [6.45, 7) is 3.13. The van der Waals surface area contributed by atoms with Crippen LogP contribution in [0.3, 0.4) is 0 Å². The van der Waals surface area contributed by atoms with E-state index in [1.165, 1.54) is 63.6 Å². The molecule has 2 fully saturated rings. The molecule has 3 heteroatoms. The van der Waals surface area contributed by atoms with Crippen molar-refractivity contribution in [1.29, 1.82) is 0 Å². The van der Waals surface area contributed by atoms with E-state index in [1.807, 2.05) is 12.4 Å². The van der Waals surface area contributed by atoms with Crippen LogP contribution in [-0.2, 0) is 0 Å². The molecule has 1 aromatic rings. The molecule has 1 atom stereocenters. The highest BCUT2D eigenvalue weighted by atomic mass is 15.2. The second-order valence-corrected chi connectivity index (χ2v) is 6.63. The van der Waals surface area contributed by atoms with E-state index < -0.39 is 0 Å². The highest BCUT2D eigenvalue weighted by Crippen LogP contribution is 2.45. The maximum atomic E-state index is 6.04. The number of hydrogen-bond donors (Lipinski definition) is 1. The molecular weight excluding hydrogens is 246 g/mol. The van der Waals surface area contributed by atoms with Gasteiger partial charge in [-0.05, 0) is 61.9 Å². The van der Waals surface area contributed by atoms with Crippen LogP contribution in [0.25, 0.3) is 0 Å². The number of piperidine rings is 1. The zero-order valence-electron chi connectivity index (χ0n) is 12.4. The second kappa shape index (κ2) is 6.23. The van der Waals surface area contributed by atoms with Crippen LogP contribution >= 0.6 is 0 Å². The van der Waals surface area contributed by atoms with Gasteiger partial charge in [0.15, 0.2) is 0 Å².